The van der Waals surface area contributed by atoms with Gasteiger partial charge in [-0.2, -0.15) is 0 Å². The SMILES string of the molecule is CC(C)OP(=O)(OC(C)C)C(c1ccc(OCCCN2C(=O)c3ccccc3C2=O)cc1)P(=O)(OC(C)C)OC(C)C. The van der Waals surface area contributed by atoms with Crippen LogP contribution in [0.15, 0.2) is 48.5 Å². The Morgan fingerprint density at radius 3 is 1.43 bits per heavy atom. The number of rotatable bonds is 16. The van der Waals surface area contributed by atoms with Crippen molar-refractivity contribution in [2.75, 3.05) is 13.2 Å². The second kappa shape index (κ2) is 14.4. The second-order valence-electron chi connectivity index (χ2n) is 11.1. The number of ether oxygens (including phenoxy) is 1. The number of amides is 2. The molecule has 12 heteroatoms. The van der Waals surface area contributed by atoms with Gasteiger partial charge in [-0.05, 0) is 91.6 Å². The van der Waals surface area contributed by atoms with Crippen LogP contribution >= 0.6 is 15.2 Å². The fourth-order valence-electron chi connectivity index (χ4n) is 4.59. The molecule has 2 amide bonds. The summed E-state index contributed by atoms with van der Waals surface area (Å²) in [6.07, 6.45) is -1.54. The van der Waals surface area contributed by atoms with Crippen LogP contribution in [0.4, 0.5) is 0 Å². The van der Waals surface area contributed by atoms with Gasteiger partial charge in [-0.25, -0.2) is 0 Å². The highest BCUT2D eigenvalue weighted by molar-refractivity contribution is 7.72. The molecule has 1 aliphatic heterocycles. The normalized spacial score (nSPS) is 14.3. The molecule has 0 radical (unpaired) electrons. The minimum absolute atomic E-state index is 0.219. The lowest BCUT2D eigenvalue weighted by Crippen LogP contribution is -2.31. The number of carbonyl (C=O) groups excluding carboxylic acids is 2. The summed E-state index contributed by atoms with van der Waals surface area (Å²) >= 11 is 0. The monoisotopic (exact) mass is 623 g/mol. The average Bonchev–Trinajstić information content (AvgIpc) is 3.10. The van der Waals surface area contributed by atoms with Crippen molar-refractivity contribution in [2.24, 2.45) is 0 Å². The Morgan fingerprint density at radius 2 is 1.05 bits per heavy atom. The van der Waals surface area contributed by atoms with E-state index in [1.165, 1.54) is 4.90 Å². The Kier molecular flexibility index (Phi) is 11.7. The zero-order chi connectivity index (χ0) is 31.2. The second-order valence-corrected chi connectivity index (χ2v) is 15.6. The van der Waals surface area contributed by atoms with Gasteiger partial charge >= 0.3 is 15.2 Å². The first-order valence-electron chi connectivity index (χ1n) is 14.3. The van der Waals surface area contributed by atoms with Gasteiger partial charge in [0.15, 0.2) is 5.40 Å². The summed E-state index contributed by atoms with van der Waals surface area (Å²) < 4.78 is 58.3. The van der Waals surface area contributed by atoms with Crippen molar-refractivity contribution in [3.05, 3.63) is 65.2 Å². The summed E-state index contributed by atoms with van der Waals surface area (Å²) in [6.45, 7) is 14.3. The van der Waals surface area contributed by atoms with Gasteiger partial charge in [-0.3, -0.25) is 23.6 Å². The summed E-state index contributed by atoms with van der Waals surface area (Å²) in [4.78, 5) is 26.4. The van der Waals surface area contributed by atoms with E-state index >= 15 is 0 Å². The summed E-state index contributed by atoms with van der Waals surface area (Å²) in [5, 5.41) is -1.34. The zero-order valence-electron chi connectivity index (χ0n) is 25.6. The molecule has 0 bridgehead atoms. The molecule has 0 saturated heterocycles. The summed E-state index contributed by atoms with van der Waals surface area (Å²) in [6, 6.07) is 13.4. The van der Waals surface area contributed by atoms with E-state index in [1.54, 1.807) is 104 Å². The van der Waals surface area contributed by atoms with Crippen LogP contribution in [0.3, 0.4) is 0 Å². The van der Waals surface area contributed by atoms with Gasteiger partial charge in [-0.15, -0.1) is 0 Å². The third kappa shape index (κ3) is 8.40. The highest BCUT2D eigenvalue weighted by Crippen LogP contribution is 2.79. The molecule has 10 nitrogen and oxygen atoms in total. The van der Waals surface area contributed by atoms with E-state index in [0.717, 1.165) is 0 Å². The van der Waals surface area contributed by atoms with E-state index in [1.807, 2.05) is 0 Å². The van der Waals surface area contributed by atoms with Crippen LogP contribution in [0.25, 0.3) is 0 Å². The summed E-state index contributed by atoms with van der Waals surface area (Å²) in [5.41, 5.74) is 1.21. The number of benzene rings is 2. The number of imide groups is 1. The third-order valence-corrected chi connectivity index (χ3v) is 12.2. The minimum atomic E-state index is -4.11. The predicted octanol–water partition coefficient (Wildman–Crippen LogP) is 7.84. The Labute approximate surface area is 249 Å². The van der Waals surface area contributed by atoms with Gasteiger partial charge in [0.05, 0.1) is 42.1 Å². The molecule has 0 aromatic heterocycles. The quantitative estimate of drug-likeness (QED) is 0.105. The van der Waals surface area contributed by atoms with Crippen molar-refractivity contribution in [1.29, 1.82) is 0 Å². The van der Waals surface area contributed by atoms with Crippen LogP contribution in [0.1, 0.15) is 93.5 Å². The van der Waals surface area contributed by atoms with Crippen molar-refractivity contribution in [3.8, 4) is 5.75 Å². The van der Waals surface area contributed by atoms with Crippen LogP contribution in [0.5, 0.6) is 5.75 Å². The highest BCUT2D eigenvalue weighted by atomic mass is 31.2. The van der Waals surface area contributed by atoms with Gasteiger partial charge in [-0.1, -0.05) is 24.3 Å². The smallest absolute Gasteiger partial charge is 0.350 e. The molecule has 0 unspecified atom stereocenters. The maximum absolute atomic E-state index is 14.4. The van der Waals surface area contributed by atoms with Gasteiger partial charge in [0.25, 0.3) is 11.8 Å². The number of carbonyl (C=O) groups is 2. The molecule has 0 saturated carbocycles. The molecule has 0 atom stereocenters. The molecule has 232 valence electrons. The Balaban J connectivity index is 1.81. The van der Waals surface area contributed by atoms with Gasteiger partial charge < -0.3 is 22.8 Å². The zero-order valence-corrected chi connectivity index (χ0v) is 27.4. The van der Waals surface area contributed by atoms with Crippen molar-refractivity contribution >= 4 is 27.0 Å². The van der Waals surface area contributed by atoms with Crippen LogP contribution in [-0.4, -0.2) is 54.3 Å². The molecule has 2 aromatic rings. The first-order valence-corrected chi connectivity index (χ1v) is 17.5. The molecule has 0 N–H and O–H groups in total. The topological polar surface area (TPSA) is 118 Å². The Bertz CT molecular complexity index is 1220. The number of hydrogen-bond acceptors (Lipinski definition) is 9. The largest absolute Gasteiger partial charge is 0.494 e. The van der Waals surface area contributed by atoms with Crippen LogP contribution in [0, 0.1) is 0 Å². The molecule has 0 fully saturated rings. The van der Waals surface area contributed by atoms with Crippen molar-refractivity contribution < 1.29 is 41.6 Å². The molecule has 0 aliphatic carbocycles. The number of hydrogen-bond donors (Lipinski definition) is 0. The first kappa shape index (κ1) is 34.2. The number of nitrogens with zero attached hydrogens (tertiary/aromatic N) is 1. The van der Waals surface area contributed by atoms with E-state index in [4.69, 9.17) is 22.8 Å². The fourth-order valence-corrected chi connectivity index (χ4v) is 10.6. The lowest BCUT2D eigenvalue weighted by Gasteiger charge is -2.35. The van der Waals surface area contributed by atoms with Crippen molar-refractivity contribution in [3.63, 3.8) is 0 Å². The maximum Gasteiger partial charge on any atom is 0.350 e. The van der Waals surface area contributed by atoms with Gasteiger partial charge in [0.1, 0.15) is 5.75 Å². The van der Waals surface area contributed by atoms with E-state index in [9.17, 15) is 18.7 Å². The number of fused-ring (bicyclic) bond motifs is 1. The highest BCUT2D eigenvalue weighted by Gasteiger charge is 2.54. The van der Waals surface area contributed by atoms with Crippen molar-refractivity contribution in [2.45, 2.75) is 91.6 Å². The third-order valence-electron chi connectivity index (χ3n) is 5.88. The van der Waals surface area contributed by atoms with Crippen LogP contribution in [0.2, 0.25) is 0 Å². The molecule has 2 aromatic carbocycles. The van der Waals surface area contributed by atoms with E-state index in [2.05, 4.69) is 0 Å². The molecular formula is C30H43NO9P2. The van der Waals surface area contributed by atoms with Crippen LogP contribution in [-0.2, 0) is 27.2 Å². The van der Waals surface area contributed by atoms with Gasteiger partial charge in [0, 0.05) is 6.54 Å². The molecule has 0 spiro atoms. The molecule has 1 aliphatic rings. The van der Waals surface area contributed by atoms with E-state index < -0.39 is 45.0 Å². The van der Waals surface area contributed by atoms with E-state index in [0.29, 0.717) is 28.9 Å². The molecular weight excluding hydrogens is 580 g/mol. The Morgan fingerprint density at radius 1 is 0.643 bits per heavy atom. The Hall–Kier alpha value is -2.32. The summed E-state index contributed by atoms with van der Waals surface area (Å²) in [5.74, 6) is -0.118. The maximum atomic E-state index is 14.4. The predicted molar refractivity (Wildman–Crippen MR) is 161 cm³/mol. The minimum Gasteiger partial charge on any atom is -0.494 e. The molecule has 1 heterocycles. The molecule has 3 rings (SSSR count). The fraction of sp³-hybridized carbons (Fsp3) is 0.533. The lowest BCUT2D eigenvalue weighted by molar-refractivity contribution is 0.0646. The summed E-state index contributed by atoms with van der Waals surface area (Å²) in [7, 11) is -8.22. The van der Waals surface area contributed by atoms with Crippen LogP contribution < -0.4 is 4.74 Å². The standard InChI is InChI=1S/C30H43NO9P2/c1-20(2)37-41(34,38-21(3)4)30(42(35,39-22(5)6)40-23(7)8)24-14-16-25(17-15-24)36-19-11-18-31-28(32)26-12-9-10-13-27(26)29(31)33/h9-10,12-17,20-23,30H,11,18-19H2,1-8H3. The van der Waals surface area contributed by atoms with E-state index in [-0.39, 0.29) is 25.0 Å². The van der Waals surface area contributed by atoms with Crippen molar-refractivity contribution in [1.82, 2.24) is 4.90 Å². The van der Waals surface area contributed by atoms with Gasteiger partial charge in [0.2, 0.25) is 0 Å². The first-order chi connectivity index (χ1) is 19.7. The molecule has 42 heavy (non-hydrogen) atoms. The lowest BCUT2D eigenvalue weighted by atomic mass is 10.1. The average molecular weight is 624 g/mol.